The second kappa shape index (κ2) is 14.7. The van der Waals surface area contributed by atoms with Crippen LogP contribution >= 0.6 is 11.6 Å². The molecule has 0 saturated carbocycles. The van der Waals surface area contributed by atoms with E-state index in [0.29, 0.717) is 61.8 Å². The fourth-order valence-corrected chi connectivity index (χ4v) is 5.32. The van der Waals surface area contributed by atoms with Crippen molar-refractivity contribution in [3.63, 3.8) is 0 Å². The molecular weight excluding hydrogens is 647 g/mol. The number of ether oxygens (including phenoxy) is 2. The number of rotatable bonds is 7. The Morgan fingerprint density at radius 2 is 1.80 bits per heavy atom. The van der Waals surface area contributed by atoms with Crippen LogP contribution in [-0.2, 0) is 6.54 Å². The van der Waals surface area contributed by atoms with E-state index in [1.165, 1.54) is 20.3 Å². The number of nitrogens with two attached hydrogens (primary N) is 1. The number of halogens is 2. The van der Waals surface area contributed by atoms with Gasteiger partial charge in [0.15, 0.2) is 11.5 Å². The Morgan fingerprint density at radius 1 is 1.00 bits per heavy atom. The minimum Gasteiger partial charge on any atom is -0.496 e. The first-order valence-corrected chi connectivity index (χ1v) is 15.3. The molecule has 6 rings (SSSR count). The Balaban J connectivity index is 1.21. The Labute approximate surface area is 286 Å². The van der Waals surface area contributed by atoms with Crippen molar-refractivity contribution in [2.75, 3.05) is 32.6 Å². The predicted octanol–water partition coefficient (Wildman–Crippen LogP) is 5.73. The quantitative estimate of drug-likeness (QED) is 0.186. The number of aromatic nitrogens is 2. The summed E-state index contributed by atoms with van der Waals surface area (Å²) in [4.78, 5) is 27.0. The molecule has 4 N–H and O–H groups in total. The van der Waals surface area contributed by atoms with Crippen molar-refractivity contribution in [3.8, 4) is 46.4 Å². The number of amides is 1. The summed E-state index contributed by atoms with van der Waals surface area (Å²) in [5.74, 6) is 12.2. The summed E-state index contributed by atoms with van der Waals surface area (Å²) < 4.78 is 31.7. The number of carbonyl (C=O) groups is 1. The van der Waals surface area contributed by atoms with Crippen molar-refractivity contribution in [3.05, 3.63) is 118 Å². The predicted molar refractivity (Wildman–Crippen MR) is 185 cm³/mol. The fourth-order valence-electron chi connectivity index (χ4n) is 5.15. The van der Waals surface area contributed by atoms with Gasteiger partial charge < -0.3 is 30.3 Å². The highest BCUT2D eigenvalue weighted by Crippen LogP contribution is 2.36. The normalized spacial score (nSPS) is 11.3. The molecule has 1 aliphatic rings. The number of carbonyl (C=O) groups excluding carboxylic acids is 1. The van der Waals surface area contributed by atoms with Gasteiger partial charge in [0.1, 0.15) is 17.3 Å². The second-order valence-electron chi connectivity index (χ2n) is 10.4. The fraction of sp³-hybridized carbons (Fsp3) is 0.135. The van der Waals surface area contributed by atoms with Crippen LogP contribution in [0.3, 0.4) is 0 Å². The Morgan fingerprint density at radius 3 is 2.57 bits per heavy atom. The Hall–Kier alpha value is -6.14. The molecule has 5 aromatic rings. The van der Waals surface area contributed by atoms with Crippen LogP contribution in [0.15, 0.2) is 82.3 Å². The van der Waals surface area contributed by atoms with Crippen molar-refractivity contribution >= 4 is 34.9 Å². The molecule has 3 aromatic carbocycles. The summed E-state index contributed by atoms with van der Waals surface area (Å²) in [5, 5.41) is 6.40. The van der Waals surface area contributed by atoms with Crippen LogP contribution in [-0.4, -0.2) is 48.9 Å². The zero-order chi connectivity index (χ0) is 34.3. The van der Waals surface area contributed by atoms with Gasteiger partial charge in [0.05, 0.1) is 56.4 Å². The molecule has 0 bridgehead atoms. The third kappa shape index (κ3) is 7.24. The average molecular weight is 675 g/mol. The number of aliphatic imine (C=N–C) groups is 1. The van der Waals surface area contributed by atoms with E-state index in [1.54, 1.807) is 60.8 Å². The third-order valence-electron chi connectivity index (χ3n) is 7.37. The van der Waals surface area contributed by atoms with Gasteiger partial charge in [-0.2, -0.15) is 0 Å². The number of nitrogens with zero attached hydrogens (tertiary/aromatic N) is 3. The second-order valence-corrected chi connectivity index (χ2v) is 10.9. The zero-order valence-corrected chi connectivity index (χ0v) is 27.1. The van der Waals surface area contributed by atoms with Gasteiger partial charge in [0.2, 0.25) is 5.95 Å². The van der Waals surface area contributed by atoms with Gasteiger partial charge in [-0.25, -0.2) is 14.4 Å². The van der Waals surface area contributed by atoms with Gasteiger partial charge in [-0.3, -0.25) is 9.79 Å². The van der Waals surface area contributed by atoms with Crippen LogP contribution in [0.4, 0.5) is 16.0 Å². The lowest BCUT2D eigenvalue weighted by Crippen LogP contribution is -2.24. The third-order valence-corrected chi connectivity index (χ3v) is 7.60. The van der Waals surface area contributed by atoms with Crippen molar-refractivity contribution in [2.24, 2.45) is 10.7 Å². The van der Waals surface area contributed by atoms with Crippen LogP contribution in [0.5, 0.6) is 11.5 Å². The standard InChI is InChI=1S/C37H28ClFN6O4/c1-47-31-9-3-8-30(39)33(31)35-29-18-23(38)10-14-27(29)34-22(20-42-35)21-43-37(45-34)44-24-11-15-28(32(19-24)48-2)36(46)41-17-5-7-26-13-12-25(49-26)6-4-16-40/h3,8-15,18-19,21H,16-17,20,40H2,1-2H3,(H,41,46)(H,43,44,45). The van der Waals surface area contributed by atoms with E-state index in [-0.39, 0.29) is 37.1 Å². The number of furan rings is 1. The SMILES string of the molecule is COc1cc(Nc2ncc3c(n2)-c2ccc(Cl)cc2C(c2c(F)cccc2OC)=NC3)ccc1C(=O)NCC#Cc1ccc(C#CCN)o1. The first kappa shape index (κ1) is 32.8. The zero-order valence-electron chi connectivity index (χ0n) is 26.4. The summed E-state index contributed by atoms with van der Waals surface area (Å²) in [5.41, 5.74) is 9.55. The van der Waals surface area contributed by atoms with Gasteiger partial charge in [-0.15, -0.1) is 0 Å². The number of hydrogen-bond acceptors (Lipinski definition) is 9. The summed E-state index contributed by atoms with van der Waals surface area (Å²) >= 11 is 6.42. The van der Waals surface area contributed by atoms with E-state index < -0.39 is 5.82 Å². The summed E-state index contributed by atoms with van der Waals surface area (Å²) in [6, 6.07) is 18.3. The molecule has 49 heavy (non-hydrogen) atoms. The maximum absolute atomic E-state index is 15.2. The molecular formula is C37H28ClFN6O4. The summed E-state index contributed by atoms with van der Waals surface area (Å²) in [6.07, 6.45) is 1.67. The van der Waals surface area contributed by atoms with Crippen LogP contribution in [0, 0.1) is 29.5 Å². The van der Waals surface area contributed by atoms with E-state index in [0.717, 1.165) is 5.56 Å². The van der Waals surface area contributed by atoms with Gasteiger partial charge in [-0.1, -0.05) is 35.6 Å². The van der Waals surface area contributed by atoms with E-state index in [4.69, 9.17) is 41.2 Å². The lowest BCUT2D eigenvalue weighted by molar-refractivity contribution is 0.0955. The van der Waals surface area contributed by atoms with Crippen LogP contribution in [0.25, 0.3) is 11.3 Å². The number of methoxy groups -OCH3 is 2. The number of nitrogens with one attached hydrogen (secondary N) is 2. The molecule has 244 valence electrons. The smallest absolute Gasteiger partial charge is 0.255 e. The maximum atomic E-state index is 15.2. The van der Waals surface area contributed by atoms with Crippen LogP contribution in [0.2, 0.25) is 5.02 Å². The first-order chi connectivity index (χ1) is 23.9. The van der Waals surface area contributed by atoms with Gasteiger partial charge >= 0.3 is 0 Å². The number of hydrogen-bond donors (Lipinski definition) is 3. The molecule has 1 aliphatic heterocycles. The largest absolute Gasteiger partial charge is 0.496 e. The monoisotopic (exact) mass is 674 g/mol. The van der Waals surface area contributed by atoms with Crippen molar-refractivity contribution < 1.29 is 23.1 Å². The van der Waals surface area contributed by atoms with Crippen LogP contribution < -0.4 is 25.8 Å². The van der Waals surface area contributed by atoms with E-state index in [1.807, 2.05) is 6.07 Å². The number of fused-ring (bicyclic) bond motifs is 3. The molecule has 0 atom stereocenters. The molecule has 1 amide bonds. The highest BCUT2D eigenvalue weighted by molar-refractivity contribution is 6.31. The topological polar surface area (TPSA) is 137 Å². The molecule has 0 radical (unpaired) electrons. The van der Waals surface area contributed by atoms with E-state index in [2.05, 4.69) is 39.3 Å². The molecule has 0 aliphatic carbocycles. The Kier molecular flexibility index (Phi) is 9.86. The van der Waals surface area contributed by atoms with E-state index in [9.17, 15) is 4.79 Å². The van der Waals surface area contributed by atoms with Gasteiger partial charge in [0, 0.05) is 39.7 Å². The molecule has 12 heteroatoms. The minimum atomic E-state index is -0.472. The molecule has 0 unspecified atom stereocenters. The van der Waals surface area contributed by atoms with Crippen molar-refractivity contribution in [2.45, 2.75) is 6.54 Å². The minimum absolute atomic E-state index is 0.0806. The van der Waals surface area contributed by atoms with Gasteiger partial charge in [0.25, 0.3) is 5.91 Å². The first-order valence-electron chi connectivity index (χ1n) is 14.9. The highest BCUT2D eigenvalue weighted by atomic mass is 35.5. The van der Waals surface area contributed by atoms with E-state index >= 15 is 4.39 Å². The Bertz CT molecular complexity index is 2230. The molecule has 0 spiro atoms. The summed E-state index contributed by atoms with van der Waals surface area (Å²) in [6.45, 7) is 0.508. The molecule has 0 fully saturated rings. The number of benzene rings is 3. The highest BCUT2D eigenvalue weighted by Gasteiger charge is 2.25. The molecule has 0 saturated heterocycles. The molecule has 3 heterocycles. The lowest BCUT2D eigenvalue weighted by Gasteiger charge is -2.15. The maximum Gasteiger partial charge on any atom is 0.255 e. The van der Waals surface area contributed by atoms with Crippen molar-refractivity contribution in [1.82, 2.24) is 15.3 Å². The van der Waals surface area contributed by atoms with Crippen molar-refractivity contribution in [1.29, 1.82) is 0 Å². The average Bonchev–Trinajstić information content (AvgIpc) is 3.51. The molecule has 2 aromatic heterocycles. The lowest BCUT2D eigenvalue weighted by atomic mass is 9.94. The number of anilines is 2. The molecule has 10 nitrogen and oxygen atoms in total. The van der Waals surface area contributed by atoms with Crippen LogP contribution in [0.1, 0.15) is 38.6 Å². The summed E-state index contributed by atoms with van der Waals surface area (Å²) in [7, 11) is 2.96. The van der Waals surface area contributed by atoms with Gasteiger partial charge in [-0.05, 0) is 60.4 Å².